The second-order valence-corrected chi connectivity index (χ2v) is 8.51. The minimum atomic E-state index is -0.280. The summed E-state index contributed by atoms with van der Waals surface area (Å²) < 4.78 is 13.0. The highest BCUT2D eigenvalue weighted by Crippen LogP contribution is 2.37. The van der Waals surface area contributed by atoms with Gasteiger partial charge in [-0.1, -0.05) is 18.2 Å². The van der Waals surface area contributed by atoms with Crippen molar-refractivity contribution in [2.75, 3.05) is 24.9 Å². The van der Waals surface area contributed by atoms with E-state index in [1.165, 1.54) is 25.6 Å². The standard InChI is InChI=1S/C26H25N3O4S/c1-16-10-11-17(2)29(16)26-19(12-13-34-26)25(31)28-21-15-22(32-3)20(14-23(21)33-4)27-24(30)18-8-6-5-7-9-18/h5-15H,1-4H3,(H,27,30)(H,28,31). The van der Waals surface area contributed by atoms with Crippen molar-refractivity contribution >= 4 is 34.5 Å². The van der Waals surface area contributed by atoms with Crippen molar-refractivity contribution in [1.29, 1.82) is 0 Å². The number of hydrogen-bond acceptors (Lipinski definition) is 5. The van der Waals surface area contributed by atoms with Crippen LogP contribution in [0.3, 0.4) is 0 Å². The summed E-state index contributed by atoms with van der Waals surface area (Å²) in [7, 11) is 3.00. The zero-order chi connectivity index (χ0) is 24.2. The first-order valence-electron chi connectivity index (χ1n) is 10.6. The lowest BCUT2D eigenvalue weighted by molar-refractivity contribution is 0.101. The van der Waals surface area contributed by atoms with Crippen LogP contribution in [0.1, 0.15) is 32.1 Å². The Kier molecular flexibility index (Phi) is 6.70. The van der Waals surface area contributed by atoms with Gasteiger partial charge in [0.1, 0.15) is 16.5 Å². The van der Waals surface area contributed by atoms with Crippen molar-refractivity contribution in [3.8, 4) is 16.5 Å². The summed E-state index contributed by atoms with van der Waals surface area (Å²) in [6, 6.07) is 18.0. The molecule has 0 bridgehead atoms. The van der Waals surface area contributed by atoms with Crippen molar-refractivity contribution < 1.29 is 19.1 Å². The Morgan fingerprint density at radius 2 is 1.35 bits per heavy atom. The quantitative estimate of drug-likeness (QED) is 0.360. The van der Waals surface area contributed by atoms with E-state index in [9.17, 15) is 9.59 Å². The lowest BCUT2D eigenvalue weighted by Gasteiger charge is -2.17. The molecule has 4 rings (SSSR count). The van der Waals surface area contributed by atoms with Crippen molar-refractivity contribution in [3.63, 3.8) is 0 Å². The van der Waals surface area contributed by atoms with Crippen molar-refractivity contribution in [1.82, 2.24) is 4.57 Å². The largest absolute Gasteiger partial charge is 0.494 e. The van der Waals surface area contributed by atoms with E-state index in [-0.39, 0.29) is 11.8 Å². The van der Waals surface area contributed by atoms with Crippen LogP contribution in [0.15, 0.2) is 66.0 Å². The zero-order valence-electron chi connectivity index (χ0n) is 19.3. The van der Waals surface area contributed by atoms with Gasteiger partial charge in [0.2, 0.25) is 0 Å². The molecule has 2 aromatic heterocycles. The van der Waals surface area contributed by atoms with Gasteiger partial charge >= 0.3 is 0 Å². The maximum absolute atomic E-state index is 13.2. The van der Waals surface area contributed by atoms with Crippen LogP contribution in [-0.4, -0.2) is 30.6 Å². The predicted octanol–water partition coefficient (Wildman–Crippen LogP) is 5.68. The molecule has 0 aliphatic rings. The highest BCUT2D eigenvalue weighted by atomic mass is 32.1. The van der Waals surface area contributed by atoms with Gasteiger partial charge < -0.3 is 24.7 Å². The molecule has 2 heterocycles. The Morgan fingerprint density at radius 3 is 1.91 bits per heavy atom. The first-order chi connectivity index (χ1) is 16.4. The molecular weight excluding hydrogens is 450 g/mol. The monoisotopic (exact) mass is 475 g/mol. The third-order valence-corrected chi connectivity index (χ3v) is 6.32. The van der Waals surface area contributed by atoms with E-state index in [1.54, 1.807) is 42.5 Å². The maximum atomic E-state index is 13.2. The van der Waals surface area contributed by atoms with Crippen molar-refractivity contribution in [2.24, 2.45) is 0 Å². The van der Waals surface area contributed by atoms with Gasteiger partial charge in [0, 0.05) is 29.1 Å². The van der Waals surface area contributed by atoms with Crippen molar-refractivity contribution in [3.05, 3.63) is 88.6 Å². The molecule has 7 nitrogen and oxygen atoms in total. The topological polar surface area (TPSA) is 81.6 Å². The van der Waals surface area contributed by atoms with Crippen LogP contribution in [0, 0.1) is 13.8 Å². The number of anilines is 2. The predicted molar refractivity (Wildman–Crippen MR) is 135 cm³/mol. The fourth-order valence-electron chi connectivity index (χ4n) is 3.70. The second-order valence-electron chi connectivity index (χ2n) is 7.62. The highest BCUT2D eigenvalue weighted by Gasteiger charge is 2.20. The normalized spacial score (nSPS) is 10.6. The van der Waals surface area contributed by atoms with Gasteiger partial charge in [0.15, 0.2) is 0 Å². The van der Waals surface area contributed by atoms with Gasteiger partial charge in [-0.3, -0.25) is 9.59 Å². The lowest BCUT2D eigenvalue weighted by Crippen LogP contribution is -2.16. The molecule has 2 N–H and O–H groups in total. The van der Waals surface area contributed by atoms with E-state index in [1.807, 2.05) is 37.4 Å². The smallest absolute Gasteiger partial charge is 0.258 e. The average Bonchev–Trinajstić information content (AvgIpc) is 3.45. The van der Waals surface area contributed by atoms with Crippen LogP contribution in [0.4, 0.5) is 11.4 Å². The molecule has 0 aliphatic heterocycles. The number of ether oxygens (including phenoxy) is 2. The van der Waals surface area contributed by atoms with Crippen LogP contribution >= 0.6 is 11.3 Å². The number of methoxy groups -OCH3 is 2. The Hall–Kier alpha value is -4.04. The van der Waals surface area contributed by atoms with E-state index in [4.69, 9.17) is 9.47 Å². The molecule has 2 amide bonds. The SMILES string of the molecule is COc1cc(NC(=O)c2ccsc2-n2c(C)ccc2C)c(OC)cc1NC(=O)c1ccccc1. The number of carbonyl (C=O) groups excluding carboxylic acids is 2. The Bertz CT molecular complexity index is 1320. The Morgan fingerprint density at radius 1 is 0.794 bits per heavy atom. The molecule has 0 saturated carbocycles. The molecule has 4 aromatic rings. The average molecular weight is 476 g/mol. The molecule has 0 radical (unpaired) electrons. The number of nitrogens with zero attached hydrogens (tertiary/aromatic N) is 1. The molecule has 174 valence electrons. The summed E-state index contributed by atoms with van der Waals surface area (Å²) in [6.45, 7) is 4.01. The minimum Gasteiger partial charge on any atom is -0.494 e. The van der Waals surface area contributed by atoms with Gasteiger partial charge in [0.25, 0.3) is 11.8 Å². The van der Waals surface area contributed by atoms with Gasteiger partial charge in [-0.15, -0.1) is 11.3 Å². The van der Waals surface area contributed by atoms with Gasteiger partial charge in [-0.05, 0) is 49.6 Å². The molecule has 0 atom stereocenters. The minimum absolute atomic E-state index is 0.273. The van der Waals surface area contributed by atoms with Crippen LogP contribution in [0.5, 0.6) is 11.5 Å². The summed E-state index contributed by atoms with van der Waals surface area (Å²) in [4.78, 5) is 25.9. The number of thiophene rings is 1. The van der Waals surface area contributed by atoms with E-state index in [2.05, 4.69) is 15.2 Å². The van der Waals surface area contributed by atoms with Crippen LogP contribution in [0.25, 0.3) is 5.00 Å². The van der Waals surface area contributed by atoms with E-state index in [0.717, 1.165) is 16.4 Å². The molecule has 0 aliphatic carbocycles. The zero-order valence-corrected chi connectivity index (χ0v) is 20.2. The Labute approximate surface area is 202 Å². The first kappa shape index (κ1) is 23.1. The number of nitrogens with one attached hydrogen (secondary N) is 2. The highest BCUT2D eigenvalue weighted by molar-refractivity contribution is 7.13. The number of hydrogen-bond donors (Lipinski definition) is 2. The van der Waals surface area contributed by atoms with E-state index < -0.39 is 0 Å². The number of rotatable bonds is 7. The first-order valence-corrected chi connectivity index (χ1v) is 11.5. The lowest BCUT2D eigenvalue weighted by atomic mass is 10.2. The van der Waals surface area contributed by atoms with Crippen molar-refractivity contribution in [2.45, 2.75) is 13.8 Å². The van der Waals surface area contributed by atoms with Gasteiger partial charge in [0.05, 0.1) is 31.2 Å². The van der Waals surface area contributed by atoms with Crippen LogP contribution in [0.2, 0.25) is 0 Å². The summed E-state index contributed by atoms with van der Waals surface area (Å²) in [5.74, 6) is 0.230. The summed E-state index contributed by atoms with van der Waals surface area (Å²) >= 11 is 1.50. The molecule has 8 heteroatoms. The molecule has 0 unspecified atom stereocenters. The van der Waals surface area contributed by atoms with E-state index in [0.29, 0.717) is 34.0 Å². The van der Waals surface area contributed by atoms with E-state index >= 15 is 0 Å². The summed E-state index contributed by atoms with van der Waals surface area (Å²) in [5.41, 5.74) is 4.02. The third-order valence-electron chi connectivity index (χ3n) is 5.42. The van der Waals surface area contributed by atoms with Gasteiger partial charge in [-0.25, -0.2) is 0 Å². The number of aryl methyl sites for hydroxylation is 2. The summed E-state index contributed by atoms with van der Waals surface area (Å²) in [5, 5.41) is 8.51. The van der Waals surface area contributed by atoms with Gasteiger partial charge in [-0.2, -0.15) is 0 Å². The third kappa shape index (κ3) is 4.53. The number of amides is 2. The number of aromatic nitrogens is 1. The molecule has 2 aromatic carbocycles. The second kappa shape index (κ2) is 9.84. The van der Waals surface area contributed by atoms with Crippen LogP contribution in [-0.2, 0) is 0 Å². The molecule has 34 heavy (non-hydrogen) atoms. The fourth-order valence-corrected chi connectivity index (χ4v) is 4.72. The molecule has 0 spiro atoms. The molecular formula is C26H25N3O4S. The molecule has 0 fully saturated rings. The number of carbonyl (C=O) groups is 2. The maximum Gasteiger partial charge on any atom is 0.258 e. The fraction of sp³-hybridized carbons (Fsp3) is 0.154. The Balaban J connectivity index is 1.63. The summed E-state index contributed by atoms with van der Waals surface area (Å²) in [6.07, 6.45) is 0. The van der Waals surface area contributed by atoms with Crippen LogP contribution < -0.4 is 20.1 Å². The molecule has 0 saturated heterocycles. The number of benzene rings is 2.